The Hall–Kier alpha value is -2.00. The maximum absolute atomic E-state index is 12.7. The van der Waals surface area contributed by atoms with E-state index in [0.29, 0.717) is 6.42 Å². The minimum atomic E-state index is 0.0208. The van der Waals surface area contributed by atoms with Crippen molar-refractivity contribution in [1.29, 1.82) is 0 Å². The molecule has 2 aromatic rings. The van der Waals surface area contributed by atoms with E-state index in [0.717, 1.165) is 38.6 Å². The highest BCUT2D eigenvalue weighted by Crippen LogP contribution is 2.29. The lowest BCUT2D eigenvalue weighted by molar-refractivity contribution is -0.108. The molecular formula is C23H25BrO2. The first kappa shape index (κ1) is 20.3. The molecule has 0 unspecified atom stereocenters. The Morgan fingerprint density at radius 3 is 2.19 bits per heavy atom. The molecule has 0 saturated heterocycles. The first-order chi connectivity index (χ1) is 12.3. The highest BCUT2D eigenvalue weighted by Gasteiger charge is 2.18. The van der Waals surface area contributed by atoms with Gasteiger partial charge in [-0.15, -0.1) is 0 Å². The van der Waals surface area contributed by atoms with Crippen molar-refractivity contribution >= 4 is 28.0 Å². The third kappa shape index (κ3) is 5.01. The van der Waals surface area contributed by atoms with Crippen LogP contribution in [-0.4, -0.2) is 12.1 Å². The standard InChI is InChI=1S/C23H25BrO2/c1-15-13-17(3)23(18(4)14-15)22(26)10-5-16(2)21(11-12-25)19-6-8-20(24)9-7-19/h5-10,12-14,16,21H,11H2,1-4H3/b10-5+/t16-,21+/m0/s1. The van der Waals surface area contributed by atoms with Crippen LogP contribution in [0.5, 0.6) is 0 Å². The Morgan fingerprint density at radius 1 is 1.08 bits per heavy atom. The van der Waals surface area contributed by atoms with Gasteiger partial charge in [-0.1, -0.05) is 58.8 Å². The molecule has 0 spiro atoms. The van der Waals surface area contributed by atoms with E-state index in [1.165, 1.54) is 0 Å². The molecule has 0 radical (unpaired) electrons. The van der Waals surface area contributed by atoms with Gasteiger partial charge in [-0.2, -0.15) is 0 Å². The fourth-order valence-electron chi connectivity index (χ4n) is 3.49. The molecule has 2 rings (SSSR count). The van der Waals surface area contributed by atoms with Gasteiger partial charge in [0, 0.05) is 16.5 Å². The Bertz CT molecular complexity index is 796. The fourth-order valence-corrected chi connectivity index (χ4v) is 3.76. The summed E-state index contributed by atoms with van der Waals surface area (Å²) in [4.78, 5) is 23.8. The summed E-state index contributed by atoms with van der Waals surface area (Å²) in [5.41, 5.74) is 5.04. The molecule has 0 aliphatic carbocycles. The van der Waals surface area contributed by atoms with Gasteiger partial charge < -0.3 is 4.79 Å². The number of carbonyl (C=O) groups excluding carboxylic acids is 2. The lowest BCUT2D eigenvalue weighted by Crippen LogP contribution is -2.10. The number of rotatable bonds is 7. The van der Waals surface area contributed by atoms with Gasteiger partial charge in [0.15, 0.2) is 5.78 Å². The molecule has 0 heterocycles. The van der Waals surface area contributed by atoms with Crippen molar-refractivity contribution in [1.82, 2.24) is 0 Å². The number of carbonyl (C=O) groups is 2. The average Bonchev–Trinajstić information content (AvgIpc) is 2.57. The van der Waals surface area contributed by atoms with Crippen molar-refractivity contribution in [2.75, 3.05) is 0 Å². The quantitative estimate of drug-likeness (QED) is 0.311. The summed E-state index contributed by atoms with van der Waals surface area (Å²) in [7, 11) is 0. The van der Waals surface area contributed by atoms with Crippen LogP contribution in [0.15, 0.2) is 53.0 Å². The number of hydrogen-bond acceptors (Lipinski definition) is 2. The number of aldehydes is 1. The van der Waals surface area contributed by atoms with Crippen molar-refractivity contribution in [2.24, 2.45) is 5.92 Å². The molecule has 0 aliphatic heterocycles. The van der Waals surface area contributed by atoms with E-state index in [1.54, 1.807) is 6.08 Å². The van der Waals surface area contributed by atoms with Gasteiger partial charge in [-0.05, 0) is 67.5 Å². The predicted octanol–water partition coefficient (Wildman–Crippen LogP) is 6.12. The maximum atomic E-state index is 12.7. The zero-order chi connectivity index (χ0) is 19.3. The van der Waals surface area contributed by atoms with Crippen LogP contribution < -0.4 is 0 Å². The van der Waals surface area contributed by atoms with Gasteiger partial charge in [0.2, 0.25) is 0 Å². The molecular weight excluding hydrogens is 388 g/mol. The van der Waals surface area contributed by atoms with E-state index < -0.39 is 0 Å². The predicted molar refractivity (Wildman–Crippen MR) is 111 cm³/mol. The molecule has 2 nitrogen and oxygen atoms in total. The van der Waals surface area contributed by atoms with Crippen LogP contribution in [0.3, 0.4) is 0 Å². The van der Waals surface area contributed by atoms with Crippen LogP contribution in [0.1, 0.15) is 51.9 Å². The van der Waals surface area contributed by atoms with E-state index in [4.69, 9.17) is 0 Å². The fraction of sp³-hybridized carbons (Fsp3) is 0.304. The maximum Gasteiger partial charge on any atom is 0.186 e. The largest absolute Gasteiger partial charge is 0.303 e. The van der Waals surface area contributed by atoms with Gasteiger partial charge in [0.25, 0.3) is 0 Å². The minimum Gasteiger partial charge on any atom is -0.303 e. The van der Waals surface area contributed by atoms with E-state index in [9.17, 15) is 9.59 Å². The van der Waals surface area contributed by atoms with Gasteiger partial charge in [0.1, 0.15) is 6.29 Å². The number of hydrogen-bond donors (Lipinski definition) is 0. The molecule has 0 aromatic heterocycles. The minimum absolute atomic E-state index is 0.0208. The van der Waals surface area contributed by atoms with Crippen LogP contribution in [-0.2, 0) is 4.79 Å². The summed E-state index contributed by atoms with van der Waals surface area (Å²) in [5, 5.41) is 0. The molecule has 0 aliphatic rings. The van der Waals surface area contributed by atoms with E-state index >= 15 is 0 Å². The van der Waals surface area contributed by atoms with Crippen molar-refractivity contribution in [3.63, 3.8) is 0 Å². The van der Waals surface area contributed by atoms with Crippen molar-refractivity contribution in [2.45, 2.75) is 40.0 Å². The molecule has 136 valence electrons. The Labute approximate surface area is 164 Å². The summed E-state index contributed by atoms with van der Waals surface area (Å²) < 4.78 is 1.01. The second-order valence-electron chi connectivity index (χ2n) is 6.92. The van der Waals surface area contributed by atoms with Crippen LogP contribution >= 0.6 is 15.9 Å². The number of ketones is 1. The number of allylic oxidation sites excluding steroid dienone is 2. The monoisotopic (exact) mass is 412 g/mol. The van der Waals surface area contributed by atoms with Crippen molar-refractivity contribution in [3.8, 4) is 0 Å². The molecule has 3 heteroatoms. The van der Waals surface area contributed by atoms with Gasteiger partial charge in [-0.3, -0.25) is 4.79 Å². The molecule has 2 aromatic carbocycles. The van der Waals surface area contributed by atoms with Gasteiger partial charge in [0.05, 0.1) is 0 Å². The lowest BCUT2D eigenvalue weighted by atomic mass is 9.84. The van der Waals surface area contributed by atoms with Gasteiger partial charge >= 0.3 is 0 Å². The SMILES string of the molecule is Cc1cc(C)c(C(=O)/C=C/[C@H](C)[C@@H](CC=O)c2ccc(Br)cc2)c(C)c1. The molecule has 0 saturated carbocycles. The smallest absolute Gasteiger partial charge is 0.186 e. The lowest BCUT2D eigenvalue weighted by Gasteiger charge is -2.20. The van der Waals surface area contributed by atoms with Crippen LogP contribution in [0.4, 0.5) is 0 Å². The zero-order valence-corrected chi connectivity index (χ0v) is 17.3. The highest BCUT2D eigenvalue weighted by atomic mass is 79.9. The van der Waals surface area contributed by atoms with Crippen LogP contribution in [0.2, 0.25) is 0 Å². The zero-order valence-electron chi connectivity index (χ0n) is 15.8. The molecule has 0 bridgehead atoms. The summed E-state index contributed by atoms with van der Waals surface area (Å²) >= 11 is 3.44. The molecule has 0 amide bonds. The molecule has 0 fully saturated rings. The van der Waals surface area contributed by atoms with Crippen molar-refractivity contribution < 1.29 is 9.59 Å². The molecule has 26 heavy (non-hydrogen) atoms. The first-order valence-electron chi connectivity index (χ1n) is 8.83. The summed E-state index contributed by atoms with van der Waals surface area (Å²) in [6, 6.07) is 12.1. The topological polar surface area (TPSA) is 34.1 Å². The second kappa shape index (κ2) is 9.09. The van der Waals surface area contributed by atoms with Crippen LogP contribution in [0.25, 0.3) is 0 Å². The third-order valence-electron chi connectivity index (χ3n) is 4.76. The van der Waals surface area contributed by atoms with Gasteiger partial charge in [-0.25, -0.2) is 0 Å². The highest BCUT2D eigenvalue weighted by molar-refractivity contribution is 9.10. The summed E-state index contributed by atoms with van der Waals surface area (Å²) in [5.74, 6) is 0.161. The first-order valence-corrected chi connectivity index (χ1v) is 9.62. The summed E-state index contributed by atoms with van der Waals surface area (Å²) in [6.45, 7) is 8.03. The number of halogens is 1. The Kier molecular flexibility index (Phi) is 7.10. The number of benzene rings is 2. The molecule has 0 N–H and O–H groups in total. The second-order valence-corrected chi connectivity index (χ2v) is 7.83. The Morgan fingerprint density at radius 2 is 1.65 bits per heavy atom. The summed E-state index contributed by atoms with van der Waals surface area (Å²) in [6.07, 6.45) is 4.97. The molecule has 2 atom stereocenters. The third-order valence-corrected chi connectivity index (χ3v) is 5.29. The Balaban J connectivity index is 2.23. The van der Waals surface area contributed by atoms with Crippen LogP contribution in [0, 0.1) is 26.7 Å². The average molecular weight is 413 g/mol. The normalized spacial score (nSPS) is 13.6. The van der Waals surface area contributed by atoms with Crippen molar-refractivity contribution in [3.05, 3.63) is 80.8 Å². The van der Waals surface area contributed by atoms with E-state index in [2.05, 4.69) is 22.9 Å². The number of aryl methyl sites for hydroxylation is 3. The van der Waals surface area contributed by atoms with E-state index in [-0.39, 0.29) is 17.6 Å². The van der Waals surface area contributed by atoms with E-state index in [1.807, 2.05) is 63.2 Å².